The fraction of sp³-hybridized carbons (Fsp3) is 0.600. The van der Waals surface area contributed by atoms with Crippen molar-refractivity contribution in [2.24, 2.45) is 0 Å². The zero-order valence-corrected chi connectivity index (χ0v) is 9.06. The van der Waals surface area contributed by atoms with E-state index in [9.17, 15) is 4.39 Å². The van der Waals surface area contributed by atoms with Crippen LogP contribution in [0.2, 0.25) is 0 Å². The average Bonchev–Trinajstić information content (AvgIpc) is 2.13. The van der Waals surface area contributed by atoms with Crippen LogP contribution < -0.4 is 5.32 Å². The molecule has 0 bridgehead atoms. The molecule has 0 amide bonds. The Hall–Kier alpha value is -1.19. The van der Waals surface area contributed by atoms with Gasteiger partial charge in [0.2, 0.25) is 0 Å². The maximum Gasteiger partial charge on any atom is 0.186 e. The van der Waals surface area contributed by atoms with Crippen LogP contribution >= 0.6 is 0 Å². The Bertz CT molecular complexity index is 323. The molecule has 78 valence electrons. The highest BCUT2D eigenvalue weighted by Gasteiger charge is 2.18. The van der Waals surface area contributed by atoms with Gasteiger partial charge in [-0.1, -0.05) is 6.92 Å². The van der Waals surface area contributed by atoms with Crippen molar-refractivity contribution >= 4 is 5.82 Å². The molecule has 0 unspecified atom stereocenters. The van der Waals surface area contributed by atoms with Crippen LogP contribution in [-0.4, -0.2) is 15.5 Å². The highest BCUT2D eigenvalue weighted by molar-refractivity contribution is 5.39. The molecular weight excluding hydrogens is 181 g/mol. The number of aromatic nitrogens is 2. The molecule has 3 nitrogen and oxygen atoms in total. The second-order valence-electron chi connectivity index (χ2n) is 3.98. The van der Waals surface area contributed by atoms with Gasteiger partial charge in [0.1, 0.15) is 6.33 Å². The van der Waals surface area contributed by atoms with Gasteiger partial charge in [0.15, 0.2) is 11.6 Å². The maximum atomic E-state index is 13.5. The molecule has 1 aromatic rings. The van der Waals surface area contributed by atoms with Crippen molar-refractivity contribution in [3.05, 3.63) is 17.8 Å². The van der Waals surface area contributed by atoms with Gasteiger partial charge in [0, 0.05) is 5.54 Å². The van der Waals surface area contributed by atoms with E-state index < -0.39 is 0 Å². The summed E-state index contributed by atoms with van der Waals surface area (Å²) < 4.78 is 13.5. The monoisotopic (exact) mass is 197 g/mol. The molecule has 1 N–H and O–H groups in total. The number of aryl methyl sites for hydroxylation is 1. The number of nitrogens with one attached hydrogen (secondary N) is 1. The van der Waals surface area contributed by atoms with Crippen LogP contribution in [0.25, 0.3) is 0 Å². The van der Waals surface area contributed by atoms with Crippen molar-refractivity contribution in [3.8, 4) is 0 Å². The molecule has 0 saturated heterocycles. The lowest BCUT2D eigenvalue weighted by Gasteiger charge is -2.25. The summed E-state index contributed by atoms with van der Waals surface area (Å²) in [5.41, 5.74) is 0.219. The van der Waals surface area contributed by atoms with Crippen LogP contribution in [-0.2, 0) is 0 Å². The summed E-state index contributed by atoms with van der Waals surface area (Å²) in [6.45, 7) is 7.67. The van der Waals surface area contributed by atoms with E-state index in [1.54, 1.807) is 6.92 Å². The van der Waals surface area contributed by atoms with E-state index in [1.807, 2.05) is 20.8 Å². The SMILES string of the molecule is CCC(C)(C)Nc1ncnc(C)c1F. The minimum Gasteiger partial charge on any atom is -0.363 e. The Labute approximate surface area is 83.8 Å². The standard InChI is InChI=1S/C10H16FN3/c1-5-10(3,4)14-9-8(11)7(2)12-6-13-9/h6H,5H2,1-4H3,(H,12,13,14). The molecule has 0 spiro atoms. The lowest BCUT2D eigenvalue weighted by Crippen LogP contribution is -2.30. The molecule has 1 aromatic heterocycles. The number of halogens is 1. The number of rotatable bonds is 3. The number of nitrogens with zero attached hydrogens (tertiary/aromatic N) is 2. The van der Waals surface area contributed by atoms with Crippen molar-refractivity contribution in [1.29, 1.82) is 0 Å². The summed E-state index contributed by atoms with van der Waals surface area (Å²) in [5.74, 6) is -0.0848. The zero-order chi connectivity index (χ0) is 10.8. The first-order chi connectivity index (χ1) is 6.46. The van der Waals surface area contributed by atoms with Gasteiger partial charge in [0.05, 0.1) is 5.69 Å². The second kappa shape index (κ2) is 3.90. The van der Waals surface area contributed by atoms with Gasteiger partial charge >= 0.3 is 0 Å². The normalized spacial score (nSPS) is 11.5. The predicted molar refractivity (Wildman–Crippen MR) is 54.7 cm³/mol. The Morgan fingerprint density at radius 3 is 2.64 bits per heavy atom. The molecule has 1 heterocycles. The largest absolute Gasteiger partial charge is 0.363 e. The molecule has 0 aliphatic carbocycles. The minimum atomic E-state index is -0.367. The van der Waals surface area contributed by atoms with Gasteiger partial charge in [-0.15, -0.1) is 0 Å². The summed E-state index contributed by atoms with van der Waals surface area (Å²) in [6, 6.07) is 0. The summed E-state index contributed by atoms with van der Waals surface area (Å²) in [6.07, 6.45) is 2.27. The molecule has 0 aromatic carbocycles. The lowest BCUT2D eigenvalue weighted by atomic mass is 10.0. The first-order valence-electron chi connectivity index (χ1n) is 4.71. The third kappa shape index (κ3) is 2.40. The van der Waals surface area contributed by atoms with Crippen molar-refractivity contribution in [2.45, 2.75) is 39.7 Å². The van der Waals surface area contributed by atoms with Crippen molar-refractivity contribution in [2.75, 3.05) is 5.32 Å². The Balaban J connectivity index is 2.92. The maximum absolute atomic E-state index is 13.5. The minimum absolute atomic E-state index is 0.151. The van der Waals surface area contributed by atoms with Crippen molar-refractivity contribution in [3.63, 3.8) is 0 Å². The quantitative estimate of drug-likeness (QED) is 0.809. The molecular formula is C10H16FN3. The van der Waals surface area contributed by atoms with Crippen LogP contribution in [0.5, 0.6) is 0 Å². The number of hydrogen-bond donors (Lipinski definition) is 1. The molecule has 1 rings (SSSR count). The van der Waals surface area contributed by atoms with E-state index in [1.165, 1.54) is 6.33 Å². The number of hydrogen-bond acceptors (Lipinski definition) is 3. The highest BCUT2D eigenvalue weighted by atomic mass is 19.1. The Kier molecular flexibility index (Phi) is 3.03. The molecule has 0 aliphatic rings. The average molecular weight is 197 g/mol. The molecule has 0 aliphatic heterocycles. The van der Waals surface area contributed by atoms with Crippen LogP contribution in [0.4, 0.5) is 10.2 Å². The third-order valence-electron chi connectivity index (χ3n) is 2.30. The number of anilines is 1. The Morgan fingerprint density at radius 2 is 2.07 bits per heavy atom. The van der Waals surface area contributed by atoms with E-state index in [4.69, 9.17) is 0 Å². The fourth-order valence-electron chi connectivity index (χ4n) is 0.954. The molecule has 0 saturated carbocycles. The van der Waals surface area contributed by atoms with Gasteiger partial charge in [-0.2, -0.15) is 0 Å². The smallest absolute Gasteiger partial charge is 0.186 e. The lowest BCUT2D eigenvalue weighted by molar-refractivity contribution is 0.530. The molecule has 4 heteroatoms. The van der Waals surface area contributed by atoms with Crippen LogP contribution in [0, 0.1) is 12.7 Å². The second-order valence-corrected chi connectivity index (χ2v) is 3.98. The fourth-order valence-corrected chi connectivity index (χ4v) is 0.954. The van der Waals surface area contributed by atoms with E-state index >= 15 is 0 Å². The van der Waals surface area contributed by atoms with Gasteiger partial charge in [-0.3, -0.25) is 0 Å². The zero-order valence-electron chi connectivity index (χ0n) is 9.06. The highest BCUT2D eigenvalue weighted by Crippen LogP contribution is 2.19. The van der Waals surface area contributed by atoms with E-state index in [0.29, 0.717) is 5.69 Å². The molecule has 0 atom stereocenters. The summed E-state index contributed by atoms with van der Waals surface area (Å²) in [5, 5.41) is 3.05. The first-order valence-corrected chi connectivity index (χ1v) is 4.71. The molecule has 14 heavy (non-hydrogen) atoms. The Morgan fingerprint density at radius 1 is 1.43 bits per heavy atom. The summed E-state index contributed by atoms with van der Waals surface area (Å²) >= 11 is 0. The first kappa shape index (κ1) is 10.9. The van der Waals surface area contributed by atoms with E-state index in [-0.39, 0.29) is 17.2 Å². The topological polar surface area (TPSA) is 37.8 Å². The van der Waals surface area contributed by atoms with E-state index in [0.717, 1.165) is 6.42 Å². The summed E-state index contributed by atoms with van der Waals surface area (Å²) in [4.78, 5) is 7.64. The van der Waals surface area contributed by atoms with Gasteiger partial charge < -0.3 is 5.32 Å². The van der Waals surface area contributed by atoms with Gasteiger partial charge in [-0.05, 0) is 27.2 Å². The molecule has 0 radical (unpaired) electrons. The van der Waals surface area contributed by atoms with Crippen LogP contribution in [0.15, 0.2) is 6.33 Å². The molecule has 0 fully saturated rings. The van der Waals surface area contributed by atoms with Gasteiger partial charge in [-0.25, -0.2) is 14.4 Å². The summed E-state index contributed by atoms with van der Waals surface area (Å²) in [7, 11) is 0. The predicted octanol–water partition coefficient (Wildman–Crippen LogP) is 2.52. The van der Waals surface area contributed by atoms with E-state index in [2.05, 4.69) is 15.3 Å². The van der Waals surface area contributed by atoms with Gasteiger partial charge in [0.25, 0.3) is 0 Å². The third-order valence-corrected chi connectivity index (χ3v) is 2.30. The van der Waals surface area contributed by atoms with Crippen molar-refractivity contribution in [1.82, 2.24) is 9.97 Å². The van der Waals surface area contributed by atoms with Crippen LogP contribution in [0.3, 0.4) is 0 Å². The van der Waals surface area contributed by atoms with Crippen LogP contribution in [0.1, 0.15) is 32.9 Å². The van der Waals surface area contributed by atoms with Crippen molar-refractivity contribution < 1.29 is 4.39 Å².